The highest BCUT2D eigenvalue weighted by molar-refractivity contribution is 9.10. The predicted molar refractivity (Wildman–Crippen MR) is 70.2 cm³/mol. The zero-order valence-corrected chi connectivity index (χ0v) is 11.5. The van der Waals surface area contributed by atoms with Crippen LogP contribution in [0.15, 0.2) is 22.7 Å². The molecular weight excluding hydrogens is 299 g/mol. The second kappa shape index (κ2) is 4.39. The molecule has 1 aromatic heterocycles. The van der Waals surface area contributed by atoms with Crippen LogP contribution in [0.5, 0.6) is 5.75 Å². The van der Waals surface area contributed by atoms with Gasteiger partial charge in [-0.15, -0.1) is 0 Å². The summed E-state index contributed by atoms with van der Waals surface area (Å²) in [5, 5.41) is 4.56. The van der Waals surface area contributed by atoms with Crippen molar-refractivity contribution in [3.63, 3.8) is 0 Å². The summed E-state index contributed by atoms with van der Waals surface area (Å²) < 4.78 is 21.4. The maximum atomic E-state index is 13.4. The van der Waals surface area contributed by atoms with Crippen LogP contribution in [0.3, 0.4) is 0 Å². The van der Waals surface area contributed by atoms with E-state index in [1.165, 1.54) is 18.9 Å². The first-order chi connectivity index (χ1) is 8.70. The Morgan fingerprint density at radius 2 is 2.28 bits per heavy atom. The predicted octanol–water partition coefficient (Wildman–Crippen LogP) is 3.41. The van der Waals surface area contributed by atoms with Crippen LogP contribution in [0.1, 0.15) is 12.1 Å². The molecule has 1 aliphatic rings. The van der Waals surface area contributed by atoms with Crippen molar-refractivity contribution in [2.24, 2.45) is 0 Å². The number of aromatic nitrogens is 2. The number of hydrogen-bond acceptors (Lipinski definition) is 2. The Morgan fingerprint density at radius 3 is 3.00 bits per heavy atom. The molecule has 0 radical (unpaired) electrons. The third-order valence-electron chi connectivity index (χ3n) is 3.20. The fraction of sp³-hybridized carbons (Fsp3) is 0.308. The van der Waals surface area contributed by atoms with Gasteiger partial charge in [-0.1, -0.05) is 0 Å². The molecule has 0 unspecified atom stereocenters. The average molecular weight is 311 g/mol. The maximum Gasteiger partial charge on any atom is 0.165 e. The zero-order valence-electron chi connectivity index (χ0n) is 9.91. The number of methoxy groups -OCH3 is 1. The second-order valence-electron chi connectivity index (χ2n) is 4.29. The Labute approximate surface area is 113 Å². The largest absolute Gasteiger partial charge is 0.494 e. The first kappa shape index (κ1) is 11.7. The standard InChI is InChI=1S/C13H12BrFN2O/c1-18-11-7-8(4-5-9(11)15)13-12(14)10-3-2-6-17(10)16-13/h4-5,7H,2-3,6H2,1H3. The lowest BCUT2D eigenvalue weighted by Gasteiger charge is -2.04. The van der Waals surface area contributed by atoms with Gasteiger partial charge >= 0.3 is 0 Å². The zero-order chi connectivity index (χ0) is 12.7. The van der Waals surface area contributed by atoms with Crippen LogP contribution in [0.2, 0.25) is 0 Å². The van der Waals surface area contributed by atoms with E-state index in [9.17, 15) is 4.39 Å². The lowest BCUT2D eigenvalue weighted by molar-refractivity contribution is 0.387. The van der Waals surface area contributed by atoms with Crippen molar-refractivity contribution in [1.29, 1.82) is 0 Å². The first-order valence-corrected chi connectivity index (χ1v) is 6.59. The topological polar surface area (TPSA) is 27.1 Å². The molecule has 3 rings (SSSR count). The number of hydrogen-bond donors (Lipinski definition) is 0. The number of aryl methyl sites for hydroxylation is 1. The van der Waals surface area contributed by atoms with Gasteiger partial charge in [-0.2, -0.15) is 5.10 Å². The molecule has 2 heterocycles. The molecule has 0 amide bonds. The van der Waals surface area contributed by atoms with E-state index in [1.807, 2.05) is 4.68 Å². The molecule has 0 N–H and O–H groups in total. The van der Waals surface area contributed by atoms with Gasteiger partial charge in [0, 0.05) is 12.1 Å². The fourth-order valence-electron chi connectivity index (χ4n) is 2.29. The van der Waals surface area contributed by atoms with Crippen molar-refractivity contribution in [3.8, 4) is 17.0 Å². The Bertz CT molecular complexity index is 609. The van der Waals surface area contributed by atoms with Gasteiger partial charge in [-0.3, -0.25) is 4.68 Å². The van der Waals surface area contributed by atoms with E-state index in [0.717, 1.165) is 35.1 Å². The van der Waals surface area contributed by atoms with Crippen molar-refractivity contribution in [1.82, 2.24) is 9.78 Å². The van der Waals surface area contributed by atoms with Gasteiger partial charge in [0.05, 0.1) is 17.3 Å². The van der Waals surface area contributed by atoms with E-state index in [2.05, 4.69) is 21.0 Å². The SMILES string of the molecule is COc1cc(-c2nn3c(c2Br)CCC3)ccc1F. The van der Waals surface area contributed by atoms with Crippen molar-refractivity contribution in [2.45, 2.75) is 19.4 Å². The number of fused-ring (bicyclic) bond motifs is 1. The van der Waals surface area contributed by atoms with Gasteiger partial charge in [0.25, 0.3) is 0 Å². The van der Waals surface area contributed by atoms with Crippen LogP contribution in [0.4, 0.5) is 4.39 Å². The molecule has 0 aliphatic carbocycles. The summed E-state index contributed by atoms with van der Waals surface area (Å²) in [5.41, 5.74) is 2.93. The fourth-order valence-corrected chi connectivity index (χ4v) is 3.00. The van der Waals surface area contributed by atoms with Crippen molar-refractivity contribution >= 4 is 15.9 Å². The number of ether oxygens (including phenoxy) is 1. The lowest BCUT2D eigenvalue weighted by atomic mass is 10.1. The minimum Gasteiger partial charge on any atom is -0.494 e. The molecule has 18 heavy (non-hydrogen) atoms. The van der Waals surface area contributed by atoms with Gasteiger partial charge in [0.15, 0.2) is 11.6 Å². The quantitative estimate of drug-likeness (QED) is 0.850. The Kier molecular flexibility index (Phi) is 2.86. The Balaban J connectivity index is 2.10. The maximum absolute atomic E-state index is 13.4. The molecule has 94 valence electrons. The van der Waals surface area contributed by atoms with E-state index in [-0.39, 0.29) is 11.6 Å². The summed E-state index contributed by atoms with van der Waals surface area (Å²) in [6.45, 7) is 0.951. The molecular formula is C13H12BrFN2O. The van der Waals surface area contributed by atoms with Gasteiger partial charge < -0.3 is 4.74 Å². The highest BCUT2D eigenvalue weighted by Gasteiger charge is 2.21. The van der Waals surface area contributed by atoms with E-state index >= 15 is 0 Å². The molecule has 0 bridgehead atoms. The number of halogens is 2. The van der Waals surface area contributed by atoms with E-state index in [0.29, 0.717) is 0 Å². The van der Waals surface area contributed by atoms with Crippen molar-refractivity contribution in [2.75, 3.05) is 7.11 Å². The molecule has 3 nitrogen and oxygen atoms in total. The molecule has 2 aromatic rings. The summed E-state index contributed by atoms with van der Waals surface area (Å²) in [5.74, 6) is -0.114. The lowest BCUT2D eigenvalue weighted by Crippen LogP contribution is -1.94. The molecule has 1 aromatic carbocycles. The summed E-state index contributed by atoms with van der Waals surface area (Å²) >= 11 is 3.59. The third kappa shape index (κ3) is 1.73. The summed E-state index contributed by atoms with van der Waals surface area (Å²) in [4.78, 5) is 0. The second-order valence-corrected chi connectivity index (χ2v) is 5.08. The van der Waals surface area contributed by atoms with Crippen LogP contribution >= 0.6 is 15.9 Å². The van der Waals surface area contributed by atoms with E-state index < -0.39 is 0 Å². The van der Waals surface area contributed by atoms with Crippen LogP contribution < -0.4 is 4.74 Å². The van der Waals surface area contributed by atoms with Crippen LogP contribution in [0.25, 0.3) is 11.3 Å². The molecule has 0 saturated carbocycles. The third-order valence-corrected chi connectivity index (χ3v) is 4.03. The molecule has 0 spiro atoms. The summed E-state index contributed by atoms with van der Waals surface area (Å²) in [6, 6.07) is 4.81. The van der Waals surface area contributed by atoms with Crippen molar-refractivity contribution in [3.05, 3.63) is 34.2 Å². The number of rotatable bonds is 2. The van der Waals surface area contributed by atoms with Gasteiger partial charge in [0.1, 0.15) is 5.69 Å². The molecule has 0 saturated heterocycles. The highest BCUT2D eigenvalue weighted by atomic mass is 79.9. The van der Waals surface area contributed by atoms with E-state index in [4.69, 9.17) is 4.74 Å². The van der Waals surface area contributed by atoms with Crippen LogP contribution in [-0.2, 0) is 13.0 Å². The van der Waals surface area contributed by atoms with Crippen molar-refractivity contribution < 1.29 is 9.13 Å². The Hall–Kier alpha value is -1.36. The molecule has 5 heteroatoms. The minimum atomic E-state index is -0.357. The monoisotopic (exact) mass is 310 g/mol. The molecule has 0 fully saturated rings. The average Bonchev–Trinajstić information content (AvgIpc) is 2.94. The van der Waals surface area contributed by atoms with Crippen LogP contribution in [-0.4, -0.2) is 16.9 Å². The van der Waals surface area contributed by atoms with Gasteiger partial charge in [-0.05, 0) is 47.0 Å². The van der Waals surface area contributed by atoms with Gasteiger partial charge in [0.2, 0.25) is 0 Å². The number of benzene rings is 1. The smallest absolute Gasteiger partial charge is 0.165 e. The molecule has 0 atom stereocenters. The minimum absolute atomic E-state index is 0.243. The first-order valence-electron chi connectivity index (χ1n) is 5.80. The van der Waals surface area contributed by atoms with E-state index in [1.54, 1.807) is 12.1 Å². The van der Waals surface area contributed by atoms with Gasteiger partial charge in [-0.25, -0.2) is 4.39 Å². The molecule has 1 aliphatic heterocycles. The Morgan fingerprint density at radius 1 is 1.44 bits per heavy atom. The van der Waals surface area contributed by atoms with Crippen LogP contribution in [0, 0.1) is 5.82 Å². The summed E-state index contributed by atoms with van der Waals surface area (Å²) in [6.07, 6.45) is 2.17. The highest BCUT2D eigenvalue weighted by Crippen LogP contribution is 2.35. The number of nitrogens with zero attached hydrogens (tertiary/aromatic N) is 2. The normalized spacial score (nSPS) is 13.7. The summed E-state index contributed by atoms with van der Waals surface area (Å²) in [7, 11) is 1.46.